The second-order valence-electron chi connectivity index (χ2n) is 6.09. The maximum Gasteiger partial charge on any atom is 0.236 e. The molecule has 0 saturated heterocycles. The van der Waals surface area contributed by atoms with E-state index in [2.05, 4.69) is 29.8 Å². The van der Waals surface area contributed by atoms with Gasteiger partial charge in [0.15, 0.2) is 0 Å². The van der Waals surface area contributed by atoms with Crippen LogP contribution in [-0.4, -0.2) is 37.0 Å². The topological polar surface area (TPSA) is 70.2 Å². The molecule has 20 heavy (non-hydrogen) atoms. The van der Waals surface area contributed by atoms with Gasteiger partial charge in [-0.15, -0.1) is 0 Å². The minimum atomic E-state index is -0.200. The molecule has 0 bridgehead atoms. The van der Waals surface area contributed by atoms with E-state index >= 15 is 0 Å². The van der Waals surface area contributed by atoms with Crippen LogP contribution in [0.4, 0.5) is 0 Å². The van der Waals surface area contributed by atoms with E-state index in [0.717, 1.165) is 32.2 Å². The summed E-state index contributed by atoms with van der Waals surface area (Å²) >= 11 is 0. The Morgan fingerprint density at radius 1 is 1.15 bits per heavy atom. The molecule has 0 aromatic heterocycles. The highest BCUT2D eigenvalue weighted by atomic mass is 16.2. The monoisotopic (exact) mass is 283 g/mol. The molecule has 0 aromatic rings. The van der Waals surface area contributed by atoms with E-state index in [4.69, 9.17) is 0 Å². The molecule has 0 heterocycles. The summed E-state index contributed by atoms with van der Waals surface area (Å²) in [4.78, 5) is 23.2. The largest absolute Gasteiger partial charge is 0.355 e. The smallest absolute Gasteiger partial charge is 0.236 e. The van der Waals surface area contributed by atoms with Crippen molar-refractivity contribution in [3.8, 4) is 0 Å². The zero-order chi connectivity index (χ0) is 15.0. The van der Waals surface area contributed by atoms with Gasteiger partial charge in [0, 0.05) is 19.0 Å². The molecule has 0 radical (unpaired) electrons. The van der Waals surface area contributed by atoms with Crippen LogP contribution in [0.3, 0.4) is 0 Å². The minimum Gasteiger partial charge on any atom is -0.355 e. The van der Waals surface area contributed by atoms with Crippen molar-refractivity contribution in [3.63, 3.8) is 0 Å². The Balaban J connectivity index is 1.98. The number of rotatable bonds is 10. The lowest BCUT2D eigenvalue weighted by molar-refractivity contribution is -0.122. The molecule has 0 aliphatic heterocycles. The summed E-state index contributed by atoms with van der Waals surface area (Å²) in [5.41, 5.74) is 0. The molecule has 1 unspecified atom stereocenters. The molecule has 1 aliphatic carbocycles. The number of amides is 2. The minimum absolute atomic E-state index is 0.0353. The predicted molar refractivity (Wildman–Crippen MR) is 80.3 cm³/mol. The molecule has 5 nitrogen and oxygen atoms in total. The Morgan fingerprint density at radius 2 is 1.85 bits per heavy atom. The molecular weight excluding hydrogens is 254 g/mol. The molecule has 1 fully saturated rings. The number of nitrogens with one attached hydrogen (secondary N) is 3. The van der Waals surface area contributed by atoms with Gasteiger partial charge < -0.3 is 16.0 Å². The maximum atomic E-state index is 11.8. The summed E-state index contributed by atoms with van der Waals surface area (Å²) in [6.45, 7) is 7.55. The fourth-order valence-corrected chi connectivity index (χ4v) is 1.82. The number of hydrogen-bond acceptors (Lipinski definition) is 3. The van der Waals surface area contributed by atoms with Gasteiger partial charge in [-0.3, -0.25) is 9.59 Å². The Hall–Kier alpha value is -1.10. The molecule has 1 rings (SSSR count). The molecule has 5 heteroatoms. The highest BCUT2D eigenvalue weighted by Gasteiger charge is 2.22. The van der Waals surface area contributed by atoms with Crippen LogP contribution in [0.2, 0.25) is 0 Å². The van der Waals surface area contributed by atoms with Gasteiger partial charge in [0.25, 0.3) is 0 Å². The molecule has 116 valence electrons. The second kappa shape index (κ2) is 8.95. The third kappa shape index (κ3) is 8.15. The van der Waals surface area contributed by atoms with Crippen LogP contribution in [0, 0.1) is 5.92 Å². The van der Waals surface area contributed by atoms with Gasteiger partial charge in [0.05, 0.1) is 6.04 Å². The van der Waals surface area contributed by atoms with Crippen molar-refractivity contribution in [3.05, 3.63) is 0 Å². The average Bonchev–Trinajstić information content (AvgIpc) is 3.17. The predicted octanol–water partition coefficient (Wildman–Crippen LogP) is 1.19. The van der Waals surface area contributed by atoms with Crippen molar-refractivity contribution in [2.24, 2.45) is 5.92 Å². The van der Waals surface area contributed by atoms with E-state index in [0.29, 0.717) is 24.9 Å². The van der Waals surface area contributed by atoms with Crippen LogP contribution in [0.1, 0.15) is 52.9 Å². The first-order valence-corrected chi connectivity index (χ1v) is 7.79. The van der Waals surface area contributed by atoms with Gasteiger partial charge in [-0.1, -0.05) is 13.8 Å². The fraction of sp³-hybridized carbons (Fsp3) is 0.867. The summed E-state index contributed by atoms with van der Waals surface area (Å²) in [5.74, 6) is 0.764. The van der Waals surface area contributed by atoms with Crippen LogP contribution < -0.4 is 16.0 Å². The zero-order valence-electron chi connectivity index (χ0n) is 13.0. The first kappa shape index (κ1) is 17.0. The summed E-state index contributed by atoms with van der Waals surface area (Å²) < 4.78 is 0. The van der Waals surface area contributed by atoms with Gasteiger partial charge in [-0.25, -0.2) is 0 Å². The van der Waals surface area contributed by atoms with Gasteiger partial charge in [0.1, 0.15) is 0 Å². The average molecular weight is 283 g/mol. The van der Waals surface area contributed by atoms with E-state index < -0.39 is 0 Å². The van der Waals surface area contributed by atoms with Crippen molar-refractivity contribution in [1.29, 1.82) is 0 Å². The van der Waals surface area contributed by atoms with Crippen LogP contribution in [0.25, 0.3) is 0 Å². The molecule has 1 atom stereocenters. The highest BCUT2D eigenvalue weighted by molar-refractivity contribution is 5.81. The van der Waals surface area contributed by atoms with Crippen LogP contribution in [-0.2, 0) is 9.59 Å². The van der Waals surface area contributed by atoms with Crippen molar-refractivity contribution < 1.29 is 9.59 Å². The van der Waals surface area contributed by atoms with Gasteiger partial charge in [-0.2, -0.15) is 0 Å². The number of carbonyl (C=O) groups is 2. The summed E-state index contributed by atoms with van der Waals surface area (Å²) in [7, 11) is 0. The SMILES string of the molecule is CC(C)CCNC(=O)C(C)NCCCC(=O)NC1CC1. The van der Waals surface area contributed by atoms with Gasteiger partial charge in [0.2, 0.25) is 11.8 Å². The van der Waals surface area contributed by atoms with Gasteiger partial charge >= 0.3 is 0 Å². The quantitative estimate of drug-likeness (QED) is 0.527. The van der Waals surface area contributed by atoms with E-state index in [1.807, 2.05) is 6.92 Å². The van der Waals surface area contributed by atoms with Crippen LogP contribution >= 0.6 is 0 Å². The zero-order valence-corrected chi connectivity index (χ0v) is 13.0. The molecule has 0 aromatic carbocycles. The molecule has 2 amide bonds. The third-order valence-electron chi connectivity index (χ3n) is 3.39. The highest BCUT2D eigenvalue weighted by Crippen LogP contribution is 2.18. The third-order valence-corrected chi connectivity index (χ3v) is 3.39. The van der Waals surface area contributed by atoms with Crippen molar-refractivity contribution in [2.45, 2.75) is 65.0 Å². The second-order valence-corrected chi connectivity index (χ2v) is 6.09. The van der Waals surface area contributed by atoms with E-state index in [1.165, 1.54) is 0 Å². The Labute approximate surface area is 122 Å². The van der Waals surface area contributed by atoms with Crippen molar-refractivity contribution >= 4 is 11.8 Å². The molecular formula is C15H29N3O2. The molecule has 1 saturated carbocycles. The summed E-state index contributed by atoms with van der Waals surface area (Å²) in [6, 6.07) is 0.231. The lowest BCUT2D eigenvalue weighted by Crippen LogP contribution is -2.43. The maximum absolute atomic E-state index is 11.8. The molecule has 1 aliphatic rings. The number of carbonyl (C=O) groups excluding carboxylic acids is 2. The normalized spacial score (nSPS) is 16.0. The van der Waals surface area contributed by atoms with E-state index in [1.54, 1.807) is 0 Å². The van der Waals surface area contributed by atoms with E-state index in [-0.39, 0.29) is 17.9 Å². The standard InChI is InChI=1S/C15H29N3O2/c1-11(2)8-10-17-15(20)12(3)16-9-4-5-14(19)18-13-6-7-13/h11-13,16H,4-10H2,1-3H3,(H,17,20)(H,18,19). The Bertz CT molecular complexity index is 314. The summed E-state index contributed by atoms with van der Waals surface area (Å²) in [6.07, 6.45) is 4.54. The van der Waals surface area contributed by atoms with Crippen molar-refractivity contribution in [2.75, 3.05) is 13.1 Å². The first-order chi connectivity index (χ1) is 9.49. The summed E-state index contributed by atoms with van der Waals surface area (Å²) in [5, 5.41) is 9.03. The Kier molecular flexibility index (Phi) is 7.59. The van der Waals surface area contributed by atoms with E-state index in [9.17, 15) is 9.59 Å². The lowest BCUT2D eigenvalue weighted by Gasteiger charge is -2.14. The first-order valence-electron chi connectivity index (χ1n) is 7.79. The van der Waals surface area contributed by atoms with Crippen molar-refractivity contribution in [1.82, 2.24) is 16.0 Å². The lowest BCUT2D eigenvalue weighted by atomic mass is 10.1. The van der Waals surface area contributed by atoms with Crippen LogP contribution in [0.5, 0.6) is 0 Å². The molecule has 3 N–H and O–H groups in total. The number of hydrogen-bond donors (Lipinski definition) is 3. The Morgan fingerprint density at radius 3 is 2.45 bits per heavy atom. The fourth-order valence-electron chi connectivity index (χ4n) is 1.82. The molecule has 0 spiro atoms. The van der Waals surface area contributed by atoms with Crippen LogP contribution in [0.15, 0.2) is 0 Å². The van der Waals surface area contributed by atoms with Gasteiger partial charge in [-0.05, 0) is 45.1 Å².